The monoisotopic (exact) mass is 446 g/mol. The van der Waals surface area contributed by atoms with Crippen LogP contribution in [0.2, 0.25) is 0 Å². The average molecular weight is 447 g/mol. The van der Waals surface area contributed by atoms with Gasteiger partial charge in [-0.05, 0) is 38.5 Å². The predicted octanol–water partition coefficient (Wildman–Crippen LogP) is 4.27. The third kappa shape index (κ3) is 5.34. The number of nitrogens with one attached hydrogen (secondary N) is 2. The van der Waals surface area contributed by atoms with E-state index in [9.17, 15) is 0 Å². The van der Waals surface area contributed by atoms with E-state index in [0.29, 0.717) is 25.7 Å². The van der Waals surface area contributed by atoms with Crippen molar-refractivity contribution in [2.24, 2.45) is 12.0 Å². The van der Waals surface area contributed by atoms with Gasteiger partial charge in [0, 0.05) is 12.4 Å². The molecule has 0 fully saturated rings. The fraction of sp³-hybridized carbons (Fsp3) is 0.320. The van der Waals surface area contributed by atoms with Gasteiger partial charge in [-0.2, -0.15) is 0 Å². The molecule has 2 aromatic heterocycles. The summed E-state index contributed by atoms with van der Waals surface area (Å²) in [5.41, 5.74) is 1.89. The van der Waals surface area contributed by atoms with Crippen LogP contribution < -0.4 is 15.4 Å². The Balaban J connectivity index is 1.53. The molecule has 2 heterocycles. The van der Waals surface area contributed by atoms with Gasteiger partial charge in [-0.1, -0.05) is 42.5 Å². The second kappa shape index (κ2) is 10.2. The van der Waals surface area contributed by atoms with Crippen LogP contribution >= 0.6 is 0 Å². The van der Waals surface area contributed by atoms with E-state index in [-0.39, 0.29) is 6.04 Å². The SMILES string of the molecule is CCOc1cccc2cc(C(C)NC(=NCc3ccccc3)NCc3nnc(C)n3C)oc12. The van der Waals surface area contributed by atoms with E-state index < -0.39 is 0 Å². The van der Waals surface area contributed by atoms with Gasteiger partial charge in [0.1, 0.15) is 11.6 Å². The van der Waals surface area contributed by atoms with Crippen LogP contribution in [0.1, 0.15) is 42.9 Å². The lowest BCUT2D eigenvalue weighted by Gasteiger charge is -2.17. The number of ether oxygens (including phenoxy) is 1. The summed E-state index contributed by atoms with van der Waals surface area (Å²) in [6.07, 6.45) is 0. The lowest BCUT2D eigenvalue weighted by molar-refractivity contribution is 0.336. The zero-order chi connectivity index (χ0) is 23.2. The molecule has 172 valence electrons. The highest BCUT2D eigenvalue weighted by Crippen LogP contribution is 2.31. The number of fused-ring (bicyclic) bond motifs is 1. The molecule has 33 heavy (non-hydrogen) atoms. The van der Waals surface area contributed by atoms with Gasteiger partial charge >= 0.3 is 0 Å². The van der Waals surface area contributed by atoms with Crippen molar-refractivity contribution in [3.63, 3.8) is 0 Å². The maximum atomic E-state index is 6.17. The van der Waals surface area contributed by atoms with Gasteiger partial charge in [0.05, 0.1) is 25.7 Å². The Kier molecular flexibility index (Phi) is 6.92. The molecule has 0 amide bonds. The molecule has 8 nitrogen and oxygen atoms in total. The fourth-order valence-electron chi connectivity index (χ4n) is 3.49. The quantitative estimate of drug-likeness (QED) is 0.310. The minimum Gasteiger partial charge on any atom is -0.490 e. The van der Waals surface area contributed by atoms with Crippen LogP contribution in [0.3, 0.4) is 0 Å². The molecule has 1 unspecified atom stereocenters. The molecule has 0 bridgehead atoms. The molecule has 0 saturated heterocycles. The molecule has 2 aromatic carbocycles. The summed E-state index contributed by atoms with van der Waals surface area (Å²) in [5.74, 6) is 3.92. The molecule has 0 saturated carbocycles. The summed E-state index contributed by atoms with van der Waals surface area (Å²) in [6.45, 7) is 7.58. The van der Waals surface area contributed by atoms with Crippen molar-refractivity contribution in [1.29, 1.82) is 0 Å². The van der Waals surface area contributed by atoms with E-state index in [1.807, 2.05) is 74.9 Å². The largest absolute Gasteiger partial charge is 0.490 e. The number of benzene rings is 2. The van der Waals surface area contributed by atoms with Crippen molar-refractivity contribution in [3.8, 4) is 5.75 Å². The Bertz CT molecular complexity index is 1230. The first kappa shape index (κ1) is 22.4. The molecule has 0 radical (unpaired) electrons. The Labute approximate surface area is 193 Å². The van der Waals surface area contributed by atoms with Crippen LogP contribution in [0.5, 0.6) is 5.75 Å². The lowest BCUT2D eigenvalue weighted by atomic mass is 10.2. The summed E-state index contributed by atoms with van der Waals surface area (Å²) >= 11 is 0. The van der Waals surface area contributed by atoms with E-state index in [1.165, 1.54) is 0 Å². The molecule has 1 atom stereocenters. The van der Waals surface area contributed by atoms with Crippen LogP contribution in [0.4, 0.5) is 0 Å². The van der Waals surface area contributed by atoms with Gasteiger partial charge in [-0.15, -0.1) is 10.2 Å². The van der Waals surface area contributed by atoms with E-state index in [2.05, 4.69) is 33.0 Å². The molecule has 0 aliphatic carbocycles. The van der Waals surface area contributed by atoms with Gasteiger partial charge in [-0.3, -0.25) is 0 Å². The van der Waals surface area contributed by atoms with Crippen LogP contribution in [0.25, 0.3) is 11.0 Å². The number of hydrogen-bond donors (Lipinski definition) is 2. The third-order valence-corrected chi connectivity index (χ3v) is 5.47. The van der Waals surface area contributed by atoms with Crippen molar-refractivity contribution >= 4 is 16.9 Å². The number of para-hydroxylation sites is 1. The van der Waals surface area contributed by atoms with E-state index in [4.69, 9.17) is 14.1 Å². The van der Waals surface area contributed by atoms with Crippen molar-refractivity contribution in [2.45, 2.75) is 39.9 Å². The summed E-state index contributed by atoms with van der Waals surface area (Å²) in [4.78, 5) is 4.78. The Hall–Kier alpha value is -3.81. The summed E-state index contributed by atoms with van der Waals surface area (Å²) in [7, 11) is 1.95. The first-order valence-electron chi connectivity index (χ1n) is 11.1. The molecule has 4 aromatic rings. The van der Waals surface area contributed by atoms with Crippen molar-refractivity contribution < 1.29 is 9.15 Å². The lowest BCUT2D eigenvalue weighted by Crippen LogP contribution is -2.38. The van der Waals surface area contributed by atoms with Crippen molar-refractivity contribution in [1.82, 2.24) is 25.4 Å². The van der Waals surface area contributed by atoms with Gasteiger partial charge in [0.25, 0.3) is 0 Å². The second-order valence-corrected chi connectivity index (χ2v) is 7.85. The molecular weight excluding hydrogens is 416 g/mol. The summed E-state index contributed by atoms with van der Waals surface area (Å²) in [5, 5.41) is 16.2. The topological polar surface area (TPSA) is 89.5 Å². The Morgan fingerprint density at radius 2 is 1.97 bits per heavy atom. The van der Waals surface area contributed by atoms with Crippen LogP contribution in [-0.4, -0.2) is 27.3 Å². The van der Waals surface area contributed by atoms with E-state index >= 15 is 0 Å². The summed E-state index contributed by atoms with van der Waals surface area (Å²) < 4.78 is 13.8. The maximum Gasteiger partial charge on any atom is 0.192 e. The van der Waals surface area contributed by atoms with Crippen LogP contribution in [0.15, 0.2) is 64.0 Å². The number of aryl methyl sites for hydroxylation is 1. The van der Waals surface area contributed by atoms with Crippen LogP contribution in [0, 0.1) is 6.92 Å². The van der Waals surface area contributed by atoms with Crippen molar-refractivity contribution in [3.05, 3.63) is 77.6 Å². The second-order valence-electron chi connectivity index (χ2n) is 7.85. The summed E-state index contributed by atoms with van der Waals surface area (Å²) in [6, 6.07) is 18.0. The average Bonchev–Trinajstić information content (AvgIpc) is 3.41. The Morgan fingerprint density at radius 1 is 1.15 bits per heavy atom. The fourth-order valence-corrected chi connectivity index (χ4v) is 3.49. The maximum absolute atomic E-state index is 6.17. The molecule has 0 spiro atoms. The molecule has 2 N–H and O–H groups in total. The highest BCUT2D eigenvalue weighted by atomic mass is 16.5. The number of furan rings is 1. The highest BCUT2D eigenvalue weighted by molar-refractivity contribution is 5.84. The van der Waals surface area contributed by atoms with Gasteiger partial charge in [-0.25, -0.2) is 4.99 Å². The molecular formula is C25H30N6O2. The first-order valence-corrected chi connectivity index (χ1v) is 11.1. The van der Waals surface area contributed by atoms with Gasteiger partial charge in [0.2, 0.25) is 0 Å². The smallest absolute Gasteiger partial charge is 0.192 e. The van der Waals surface area contributed by atoms with Gasteiger partial charge < -0.3 is 24.4 Å². The number of aromatic nitrogens is 3. The molecule has 4 rings (SSSR count). The standard InChI is InChI=1S/C25H30N6O2/c1-5-32-21-13-9-12-20-14-22(33-24(20)21)17(2)28-25(26-15-19-10-7-6-8-11-19)27-16-23-30-29-18(3)31(23)4/h6-14,17H,5,15-16H2,1-4H3,(H2,26,27,28). The first-order chi connectivity index (χ1) is 16.0. The zero-order valence-electron chi connectivity index (χ0n) is 19.5. The predicted molar refractivity (Wildman–Crippen MR) is 129 cm³/mol. The van der Waals surface area contributed by atoms with Crippen LogP contribution in [-0.2, 0) is 20.1 Å². The number of rotatable bonds is 8. The number of nitrogens with zero attached hydrogens (tertiary/aromatic N) is 4. The van der Waals surface area contributed by atoms with Crippen molar-refractivity contribution in [2.75, 3.05) is 6.61 Å². The number of guanidine groups is 1. The molecule has 8 heteroatoms. The minimum absolute atomic E-state index is 0.116. The third-order valence-electron chi connectivity index (χ3n) is 5.47. The normalized spacial score (nSPS) is 12.7. The molecule has 0 aliphatic rings. The number of aliphatic imine (C=N–C) groups is 1. The van der Waals surface area contributed by atoms with Gasteiger partial charge in [0.15, 0.2) is 23.1 Å². The number of hydrogen-bond acceptors (Lipinski definition) is 5. The highest BCUT2D eigenvalue weighted by Gasteiger charge is 2.16. The minimum atomic E-state index is -0.116. The zero-order valence-corrected chi connectivity index (χ0v) is 19.5. The Morgan fingerprint density at radius 3 is 2.70 bits per heavy atom. The molecule has 0 aliphatic heterocycles. The van der Waals surface area contributed by atoms with E-state index in [0.717, 1.165) is 39.7 Å². The van der Waals surface area contributed by atoms with E-state index in [1.54, 1.807) is 0 Å².